The summed E-state index contributed by atoms with van der Waals surface area (Å²) >= 11 is 0. The predicted octanol–water partition coefficient (Wildman–Crippen LogP) is -1.41. The number of nitrogens with one attached hydrogen (secondary N) is 3. The average molecular weight is 538 g/mol. The molecule has 1 aromatic carbocycles. The molecule has 0 aliphatic heterocycles. The van der Waals surface area contributed by atoms with Gasteiger partial charge in [0.25, 0.3) is 0 Å². The SMILES string of the molecule is CCC(C)C(NC(=O)C(CC(=O)O)NC(=O)C(N)CCC(N)=O)C(=O)NC(Cc1ccc(O)cc1)C(=O)O. The normalized spacial score (nSPS) is 14.7. The van der Waals surface area contributed by atoms with Gasteiger partial charge in [0.1, 0.15) is 23.9 Å². The highest BCUT2D eigenvalue weighted by Crippen LogP contribution is 2.13. The first-order chi connectivity index (χ1) is 17.7. The Kier molecular flexibility index (Phi) is 12.7. The summed E-state index contributed by atoms with van der Waals surface area (Å²) in [5.74, 6) is -6.66. The first-order valence-electron chi connectivity index (χ1n) is 11.9. The number of carboxylic acids is 2. The maximum Gasteiger partial charge on any atom is 0.326 e. The highest BCUT2D eigenvalue weighted by atomic mass is 16.4. The lowest BCUT2D eigenvalue weighted by atomic mass is 9.96. The number of benzene rings is 1. The average Bonchev–Trinajstić information content (AvgIpc) is 2.84. The quantitative estimate of drug-likeness (QED) is 0.122. The summed E-state index contributed by atoms with van der Waals surface area (Å²) in [4.78, 5) is 72.4. The third-order valence-corrected chi connectivity index (χ3v) is 5.83. The molecule has 0 aliphatic rings. The third-order valence-electron chi connectivity index (χ3n) is 5.83. The van der Waals surface area contributed by atoms with Crippen LogP contribution in [0.5, 0.6) is 5.75 Å². The van der Waals surface area contributed by atoms with Crippen molar-refractivity contribution in [3.8, 4) is 5.75 Å². The summed E-state index contributed by atoms with van der Waals surface area (Å²) in [7, 11) is 0. The van der Waals surface area contributed by atoms with Gasteiger partial charge >= 0.3 is 11.9 Å². The van der Waals surface area contributed by atoms with Gasteiger partial charge in [-0.3, -0.25) is 24.0 Å². The number of carbonyl (C=O) groups is 6. The Morgan fingerprint density at radius 2 is 1.47 bits per heavy atom. The van der Waals surface area contributed by atoms with Crippen LogP contribution in [-0.2, 0) is 35.2 Å². The van der Waals surface area contributed by atoms with Gasteiger partial charge in [-0.15, -0.1) is 0 Å². The van der Waals surface area contributed by atoms with E-state index in [2.05, 4.69) is 16.0 Å². The van der Waals surface area contributed by atoms with Crippen LogP contribution in [0, 0.1) is 5.92 Å². The standard InChI is InChI=1S/C24H35N5O9/c1-3-12(2)20(23(36)28-17(24(37)38)10-13-4-6-14(30)7-5-13)29-22(35)16(11-19(32)33)27-21(34)15(25)8-9-18(26)31/h4-7,12,15-17,20,30H,3,8-11,25H2,1-2H3,(H2,26,31)(H,27,34)(H,28,36)(H,29,35)(H,32,33)(H,37,38). The summed E-state index contributed by atoms with van der Waals surface area (Å²) in [6.45, 7) is 3.36. The van der Waals surface area contributed by atoms with Crippen LogP contribution in [0.4, 0.5) is 0 Å². The van der Waals surface area contributed by atoms with Gasteiger partial charge in [0, 0.05) is 12.8 Å². The molecule has 10 N–H and O–H groups in total. The molecule has 0 bridgehead atoms. The van der Waals surface area contributed by atoms with E-state index in [0.29, 0.717) is 12.0 Å². The van der Waals surface area contributed by atoms with E-state index < -0.39 is 72.1 Å². The molecule has 0 heterocycles. The summed E-state index contributed by atoms with van der Waals surface area (Å²) < 4.78 is 0. The fraction of sp³-hybridized carbons (Fsp3) is 0.500. The molecule has 0 fully saturated rings. The van der Waals surface area contributed by atoms with Crippen molar-refractivity contribution in [3.63, 3.8) is 0 Å². The third kappa shape index (κ3) is 10.8. The van der Waals surface area contributed by atoms with Crippen LogP contribution in [0.1, 0.15) is 45.1 Å². The maximum atomic E-state index is 13.1. The number of aromatic hydroxyl groups is 1. The van der Waals surface area contributed by atoms with Crippen LogP contribution in [0.25, 0.3) is 0 Å². The van der Waals surface area contributed by atoms with Gasteiger partial charge in [0.05, 0.1) is 12.5 Å². The number of amides is 4. The number of hydrogen-bond donors (Lipinski definition) is 8. The second-order valence-corrected chi connectivity index (χ2v) is 8.91. The molecule has 1 rings (SSSR count). The van der Waals surface area contributed by atoms with Gasteiger partial charge < -0.3 is 42.7 Å². The van der Waals surface area contributed by atoms with E-state index in [-0.39, 0.29) is 25.0 Å². The summed E-state index contributed by atoms with van der Waals surface area (Å²) in [5.41, 5.74) is 11.2. The number of carboxylic acid groups (broad SMARTS) is 2. The van der Waals surface area contributed by atoms with Crippen molar-refractivity contribution >= 4 is 35.6 Å². The lowest BCUT2D eigenvalue weighted by molar-refractivity contribution is -0.143. The zero-order chi connectivity index (χ0) is 29.0. The number of rotatable bonds is 16. The second-order valence-electron chi connectivity index (χ2n) is 8.91. The molecular formula is C24H35N5O9. The fourth-order valence-electron chi connectivity index (χ4n) is 3.38. The summed E-state index contributed by atoms with van der Waals surface area (Å²) in [5, 5.41) is 35.2. The molecule has 14 nitrogen and oxygen atoms in total. The number of carbonyl (C=O) groups excluding carboxylic acids is 4. The highest BCUT2D eigenvalue weighted by Gasteiger charge is 2.33. The second kappa shape index (κ2) is 15.1. The molecule has 0 radical (unpaired) electrons. The van der Waals surface area contributed by atoms with Gasteiger partial charge in [-0.2, -0.15) is 0 Å². The minimum absolute atomic E-state index is 0.0129. The van der Waals surface area contributed by atoms with E-state index in [1.54, 1.807) is 13.8 Å². The number of nitrogens with two attached hydrogens (primary N) is 2. The van der Waals surface area contributed by atoms with Crippen molar-refractivity contribution in [1.29, 1.82) is 0 Å². The van der Waals surface area contributed by atoms with E-state index in [4.69, 9.17) is 11.5 Å². The van der Waals surface area contributed by atoms with Crippen LogP contribution in [0.15, 0.2) is 24.3 Å². The Hall–Kier alpha value is -4.20. The van der Waals surface area contributed by atoms with Crippen LogP contribution in [0.2, 0.25) is 0 Å². The topological polar surface area (TPSA) is 251 Å². The van der Waals surface area contributed by atoms with E-state index in [9.17, 15) is 44.1 Å². The van der Waals surface area contributed by atoms with Gasteiger partial charge in [-0.1, -0.05) is 32.4 Å². The minimum atomic E-state index is -1.61. The summed E-state index contributed by atoms with van der Waals surface area (Å²) in [6.07, 6.45) is -0.868. The first kappa shape index (κ1) is 31.8. The van der Waals surface area contributed by atoms with Gasteiger partial charge in [0.15, 0.2) is 0 Å². The number of phenols is 1. The smallest absolute Gasteiger partial charge is 0.326 e. The van der Waals surface area contributed by atoms with E-state index in [1.807, 2.05) is 0 Å². The van der Waals surface area contributed by atoms with Gasteiger partial charge in [0.2, 0.25) is 23.6 Å². The lowest BCUT2D eigenvalue weighted by Crippen LogP contribution is -2.59. The molecule has 0 saturated carbocycles. The van der Waals surface area contributed by atoms with Gasteiger partial charge in [-0.25, -0.2) is 4.79 Å². The molecule has 38 heavy (non-hydrogen) atoms. The molecule has 5 atom stereocenters. The van der Waals surface area contributed by atoms with Crippen LogP contribution in [-0.4, -0.2) is 75.1 Å². The predicted molar refractivity (Wildman–Crippen MR) is 133 cm³/mol. The van der Waals surface area contributed by atoms with Crippen molar-refractivity contribution in [3.05, 3.63) is 29.8 Å². The monoisotopic (exact) mass is 537 g/mol. The zero-order valence-electron chi connectivity index (χ0n) is 21.2. The molecule has 0 aliphatic carbocycles. The van der Waals surface area contributed by atoms with Crippen molar-refractivity contribution in [1.82, 2.24) is 16.0 Å². The Morgan fingerprint density at radius 1 is 0.895 bits per heavy atom. The highest BCUT2D eigenvalue weighted by molar-refractivity contribution is 5.95. The van der Waals surface area contributed by atoms with Crippen LogP contribution < -0.4 is 27.4 Å². The lowest BCUT2D eigenvalue weighted by Gasteiger charge is -2.27. The van der Waals surface area contributed by atoms with Crippen molar-refractivity contribution in [2.75, 3.05) is 0 Å². The zero-order valence-corrected chi connectivity index (χ0v) is 21.2. The van der Waals surface area contributed by atoms with Crippen LogP contribution >= 0.6 is 0 Å². The molecule has 4 amide bonds. The maximum absolute atomic E-state index is 13.1. The van der Waals surface area contributed by atoms with Gasteiger partial charge in [-0.05, 0) is 30.0 Å². The molecular weight excluding hydrogens is 502 g/mol. The van der Waals surface area contributed by atoms with Crippen molar-refractivity contribution in [2.24, 2.45) is 17.4 Å². The first-order valence-corrected chi connectivity index (χ1v) is 11.9. The number of primary amides is 1. The molecule has 0 saturated heterocycles. The van der Waals surface area contributed by atoms with E-state index in [1.165, 1.54) is 24.3 Å². The van der Waals surface area contributed by atoms with Crippen molar-refractivity contribution in [2.45, 2.75) is 70.1 Å². The number of aliphatic carboxylic acids is 2. The van der Waals surface area contributed by atoms with Crippen LogP contribution in [0.3, 0.4) is 0 Å². The molecule has 5 unspecified atom stereocenters. The molecule has 14 heteroatoms. The molecule has 0 spiro atoms. The fourth-order valence-corrected chi connectivity index (χ4v) is 3.38. The largest absolute Gasteiger partial charge is 0.508 e. The molecule has 0 aromatic heterocycles. The number of phenolic OH excluding ortho intramolecular Hbond substituents is 1. The molecule has 1 aromatic rings. The number of hydrogen-bond acceptors (Lipinski definition) is 8. The Balaban J connectivity index is 3.03. The Morgan fingerprint density at radius 3 is 1.97 bits per heavy atom. The molecule has 210 valence electrons. The van der Waals surface area contributed by atoms with Crippen molar-refractivity contribution < 1.29 is 44.1 Å². The minimum Gasteiger partial charge on any atom is -0.508 e. The van der Waals surface area contributed by atoms with E-state index >= 15 is 0 Å². The summed E-state index contributed by atoms with van der Waals surface area (Å²) in [6, 6.07) is 0.267. The van der Waals surface area contributed by atoms with E-state index in [0.717, 1.165) is 0 Å². The Bertz CT molecular complexity index is 1020. The Labute approximate surface area is 219 Å².